The van der Waals surface area contributed by atoms with E-state index in [0.717, 1.165) is 34.3 Å². The van der Waals surface area contributed by atoms with Gasteiger partial charge in [-0.2, -0.15) is 0 Å². The summed E-state index contributed by atoms with van der Waals surface area (Å²) in [6.07, 6.45) is 4.04. The zero-order valence-corrected chi connectivity index (χ0v) is 17.4. The molecular weight excluding hydrogens is 380 g/mol. The van der Waals surface area contributed by atoms with Crippen molar-refractivity contribution in [1.29, 1.82) is 0 Å². The van der Waals surface area contributed by atoms with E-state index < -0.39 is 12.5 Å². The summed E-state index contributed by atoms with van der Waals surface area (Å²) in [5, 5.41) is 8.94. The minimum absolute atomic E-state index is 0.0490. The van der Waals surface area contributed by atoms with Crippen LogP contribution in [0.1, 0.15) is 38.8 Å². The Bertz CT molecular complexity index is 902. The molecule has 2 heterocycles. The lowest BCUT2D eigenvalue weighted by atomic mass is 9.88. The van der Waals surface area contributed by atoms with Crippen LogP contribution < -0.4 is 4.90 Å². The summed E-state index contributed by atoms with van der Waals surface area (Å²) >= 11 is 6.29. The number of likely N-dealkylation sites (N-methyl/N-ethyl adjacent to an activating group) is 1. The molecule has 1 aromatic rings. The van der Waals surface area contributed by atoms with E-state index >= 15 is 0 Å². The lowest BCUT2D eigenvalue weighted by Gasteiger charge is -2.42. The summed E-state index contributed by atoms with van der Waals surface area (Å²) in [6, 6.07) is 6.14. The molecule has 0 aliphatic carbocycles. The summed E-state index contributed by atoms with van der Waals surface area (Å²) in [7, 11) is 0. The zero-order chi connectivity index (χ0) is 19.9. The molecule has 1 aromatic carbocycles. The van der Waals surface area contributed by atoms with E-state index in [9.17, 15) is 9.59 Å². The molecule has 2 aliphatic rings. The van der Waals surface area contributed by atoms with Crippen molar-refractivity contribution in [3.63, 3.8) is 0 Å². The summed E-state index contributed by atoms with van der Waals surface area (Å²) in [6.45, 7) is 9.13. The first-order valence-electron chi connectivity index (χ1n) is 8.72. The van der Waals surface area contributed by atoms with Crippen LogP contribution in [0, 0.1) is 0 Å². The van der Waals surface area contributed by atoms with Crippen LogP contribution in [-0.2, 0) is 9.59 Å². The van der Waals surface area contributed by atoms with Crippen LogP contribution in [0.2, 0.25) is 0 Å². The molecule has 1 amide bonds. The number of aliphatic carboxylic acids is 1. The van der Waals surface area contributed by atoms with Gasteiger partial charge in [-0.1, -0.05) is 36.1 Å². The zero-order valence-electron chi connectivity index (χ0n) is 15.8. The Morgan fingerprint density at radius 2 is 2.07 bits per heavy atom. The van der Waals surface area contributed by atoms with Crippen molar-refractivity contribution < 1.29 is 14.7 Å². The predicted octanol–water partition coefficient (Wildman–Crippen LogP) is 3.99. The quantitative estimate of drug-likeness (QED) is 0.607. The number of carboxylic acid groups (broad SMARTS) is 1. The number of rotatable bonds is 4. The number of carbonyl (C=O) groups excluding carboxylic acids is 1. The Kier molecular flexibility index (Phi) is 5.18. The van der Waals surface area contributed by atoms with Gasteiger partial charge in [0.05, 0.1) is 10.4 Å². The maximum atomic E-state index is 12.5. The summed E-state index contributed by atoms with van der Waals surface area (Å²) in [5.41, 5.74) is 4.37. The standard InChI is InChI=1S/C20H22N2O3S2/c1-5-22-15-7-6-13(8-14(15)12(2)10-20(22,3)4)9-16-18(25)21(11-17(23)24)19(26)27-16/h6-10H,5,11H2,1-4H3,(H,23,24)/b16-9+. The molecule has 7 heteroatoms. The van der Waals surface area contributed by atoms with Gasteiger partial charge in [0.2, 0.25) is 0 Å². The number of benzene rings is 1. The summed E-state index contributed by atoms with van der Waals surface area (Å²) in [5.74, 6) is -1.43. The molecule has 3 rings (SSSR count). The first-order chi connectivity index (χ1) is 12.6. The molecule has 0 atom stereocenters. The molecule has 2 aliphatic heterocycles. The van der Waals surface area contributed by atoms with Gasteiger partial charge in [0.15, 0.2) is 0 Å². The van der Waals surface area contributed by atoms with E-state index in [4.69, 9.17) is 17.3 Å². The summed E-state index contributed by atoms with van der Waals surface area (Å²) < 4.78 is 0.279. The number of fused-ring (bicyclic) bond motifs is 1. The third kappa shape index (κ3) is 3.66. The van der Waals surface area contributed by atoms with Crippen molar-refractivity contribution in [2.24, 2.45) is 0 Å². The van der Waals surface area contributed by atoms with Gasteiger partial charge in [-0.05, 0) is 57.0 Å². The third-order valence-electron chi connectivity index (χ3n) is 4.78. The number of amides is 1. The fourth-order valence-corrected chi connectivity index (χ4v) is 4.95. The Hall–Kier alpha value is -2.12. The topological polar surface area (TPSA) is 60.9 Å². The molecule has 0 bridgehead atoms. The second-order valence-corrected chi connectivity index (χ2v) is 8.84. The Balaban J connectivity index is 1.96. The van der Waals surface area contributed by atoms with Crippen LogP contribution in [0.5, 0.6) is 0 Å². The lowest BCUT2D eigenvalue weighted by Crippen LogP contribution is -2.44. The first kappa shape index (κ1) is 19.6. The number of thioether (sulfide) groups is 1. The van der Waals surface area contributed by atoms with Crippen molar-refractivity contribution in [3.05, 3.63) is 40.3 Å². The van der Waals surface area contributed by atoms with E-state index in [1.807, 2.05) is 6.07 Å². The Morgan fingerprint density at radius 1 is 1.37 bits per heavy atom. The smallest absolute Gasteiger partial charge is 0.323 e. The highest BCUT2D eigenvalue weighted by Gasteiger charge is 2.34. The van der Waals surface area contributed by atoms with Gasteiger partial charge < -0.3 is 10.0 Å². The highest BCUT2D eigenvalue weighted by molar-refractivity contribution is 8.26. The van der Waals surface area contributed by atoms with Gasteiger partial charge >= 0.3 is 5.97 Å². The molecule has 1 saturated heterocycles. The molecular formula is C20H22N2O3S2. The fraction of sp³-hybridized carbons (Fsp3) is 0.350. The SMILES string of the molecule is CCN1c2ccc(/C=C3/SC(=S)N(CC(=O)O)C3=O)cc2C(C)=CC1(C)C. The highest BCUT2D eigenvalue weighted by atomic mass is 32.2. The maximum Gasteiger partial charge on any atom is 0.323 e. The van der Waals surface area contributed by atoms with Gasteiger partial charge in [0.1, 0.15) is 10.9 Å². The highest BCUT2D eigenvalue weighted by Crippen LogP contribution is 2.40. The number of carbonyl (C=O) groups is 2. The molecule has 5 nitrogen and oxygen atoms in total. The largest absolute Gasteiger partial charge is 0.480 e. The number of carboxylic acids is 1. The predicted molar refractivity (Wildman–Crippen MR) is 115 cm³/mol. The van der Waals surface area contributed by atoms with E-state index in [1.165, 1.54) is 11.3 Å². The molecule has 1 fully saturated rings. The first-order valence-corrected chi connectivity index (χ1v) is 9.95. The second kappa shape index (κ2) is 7.13. The number of nitrogens with zero attached hydrogens (tertiary/aromatic N) is 2. The van der Waals surface area contributed by atoms with Crippen LogP contribution >= 0.6 is 24.0 Å². The van der Waals surface area contributed by atoms with E-state index in [1.54, 1.807) is 6.08 Å². The summed E-state index contributed by atoms with van der Waals surface area (Å²) in [4.78, 5) is 27.3. The Labute approximate surface area is 168 Å². The van der Waals surface area contributed by atoms with Crippen molar-refractivity contribution >= 4 is 57.5 Å². The second-order valence-electron chi connectivity index (χ2n) is 7.16. The van der Waals surface area contributed by atoms with Gasteiger partial charge in [-0.3, -0.25) is 14.5 Å². The molecule has 1 N–H and O–H groups in total. The molecule has 0 spiro atoms. The minimum atomic E-state index is -1.08. The van der Waals surface area contributed by atoms with Crippen molar-refractivity contribution in [2.75, 3.05) is 18.0 Å². The van der Waals surface area contributed by atoms with Crippen molar-refractivity contribution in [1.82, 2.24) is 4.90 Å². The molecule has 0 saturated carbocycles. The average Bonchev–Trinajstić information content (AvgIpc) is 2.82. The van der Waals surface area contributed by atoms with Crippen LogP contribution in [0.3, 0.4) is 0 Å². The number of allylic oxidation sites excluding steroid dienone is 1. The van der Waals surface area contributed by atoms with E-state index in [-0.39, 0.29) is 15.8 Å². The number of hydrogen-bond donors (Lipinski definition) is 1. The van der Waals surface area contributed by atoms with E-state index in [0.29, 0.717) is 4.91 Å². The van der Waals surface area contributed by atoms with Crippen molar-refractivity contribution in [2.45, 2.75) is 33.2 Å². The molecule has 0 aromatic heterocycles. The van der Waals surface area contributed by atoms with Gasteiger partial charge in [0.25, 0.3) is 5.91 Å². The molecule has 0 unspecified atom stereocenters. The normalized spacial score (nSPS) is 20.1. The molecule has 27 heavy (non-hydrogen) atoms. The third-order valence-corrected chi connectivity index (χ3v) is 6.16. The average molecular weight is 403 g/mol. The number of hydrogen-bond acceptors (Lipinski definition) is 5. The molecule has 142 valence electrons. The van der Waals surface area contributed by atoms with Gasteiger partial charge in [-0.15, -0.1) is 0 Å². The fourth-order valence-electron chi connectivity index (χ4n) is 3.69. The number of thiocarbonyl (C=S) groups is 1. The monoisotopic (exact) mass is 402 g/mol. The van der Waals surface area contributed by atoms with Crippen LogP contribution in [0.4, 0.5) is 5.69 Å². The van der Waals surface area contributed by atoms with E-state index in [2.05, 4.69) is 50.8 Å². The number of anilines is 1. The van der Waals surface area contributed by atoms with Gasteiger partial charge in [-0.25, -0.2) is 0 Å². The van der Waals surface area contributed by atoms with Crippen LogP contribution in [0.25, 0.3) is 11.6 Å². The van der Waals surface area contributed by atoms with Crippen LogP contribution in [-0.4, -0.2) is 44.8 Å². The lowest BCUT2D eigenvalue weighted by molar-refractivity contribution is -0.140. The molecule has 0 radical (unpaired) electrons. The maximum absolute atomic E-state index is 12.5. The Morgan fingerprint density at radius 3 is 2.70 bits per heavy atom. The van der Waals surface area contributed by atoms with Crippen LogP contribution in [0.15, 0.2) is 29.2 Å². The van der Waals surface area contributed by atoms with Crippen molar-refractivity contribution in [3.8, 4) is 0 Å². The van der Waals surface area contributed by atoms with Gasteiger partial charge in [0, 0.05) is 17.8 Å². The minimum Gasteiger partial charge on any atom is -0.480 e.